The molecule has 0 saturated carbocycles. The first-order chi connectivity index (χ1) is 20.3. The largest absolute Gasteiger partial charge is 0.456 e. The molecular weight excluding hydrogens is 504 g/mol. The molecule has 0 saturated heterocycles. The Morgan fingerprint density at radius 3 is 2.07 bits per heavy atom. The molecule has 0 N–H and O–H groups in total. The zero-order valence-corrected chi connectivity index (χ0v) is 21.8. The summed E-state index contributed by atoms with van der Waals surface area (Å²) in [5.41, 5.74) is 9.20. The van der Waals surface area contributed by atoms with Crippen LogP contribution in [0.5, 0.6) is 0 Å². The summed E-state index contributed by atoms with van der Waals surface area (Å²) in [6.45, 7) is 0. The van der Waals surface area contributed by atoms with Gasteiger partial charge in [-0.3, -0.25) is 0 Å². The van der Waals surface area contributed by atoms with Crippen molar-refractivity contribution in [3.05, 3.63) is 127 Å². The van der Waals surface area contributed by atoms with E-state index in [9.17, 15) is 5.26 Å². The number of aromatic nitrogens is 1. The second kappa shape index (κ2) is 8.11. The van der Waals surface area contributed by atoms with Gasteiger partial charge in [0.2, 0.25) is 0 Å². The number of hydrogen-bond acceptors (Lipinski definition) is 3. The normalized spacial score (nSPS) is 11.9. The fourth-order valence-corrected chi connectivity index (χ4v) is 6.42. The van der Waals surface area contributed by atoms with Gasteiger partial charge in [-0.25, -0.2) is 0 Å². The highest BCUT2D eigenvalue weighted by Gasteiger charge is 2.21. The molecule has 4 nitrogen and oxygen atoms in total. The van der Waals surface area contributed by atoms with Gasteiger partial charge in [-0.15, -0.1) is 0 Å². The van der Waals surface area contributed by atoms with E-state index in [2.05, 4.69) is 77.4 Å². The van der Waals surface area contributed by atoms with Crippen LogP contribution in [0.2, 0.25) is 0 Å². The number of fused-ring (bicyclic) bond motifs is 10. The summed E-state index contributed by atoms with van der Waals surface area (Å²) >= 11 is 0. The van der Waals surface area contributed by atoms with Crippen LogP contribution in [-0.2, 0) is 0 Å². The molecule has 0 fully saturated rings. The van der Waals surface area contributed by atoms with E-state index in [-0.39, 0.29) is 0 Å². The molecule has 0 aliphatic carbocycles. The number of benzene rings is 6. The monoisotopic (exact) mass is 524 g/mol. The van der Waals surface area contributed by atoms with Crippen LogP contribution in [0.3, 0.4) is 0 Å². The van der Waals surface area contributed by atoms with Crippen LogP contribution in [0.15, 0.2) is 130 Å². The van der Waals surface area contributed by atoms with Crippen LogP contribution < -0.4 is 0 Å². The first-order valence-corrected chi connectivity index (χ1v) is 13.6. The molecule has 4 heteroatoms. The molecule has 41 heavy (non-hydrogen) atoms. The lowest BCUT2D eigenvalue weighted by molar-refractivity contribution is 0.669. The maximum Gasteiger partial charge on any atom is 0.145 e. The van der Waals surface area contributed by atoms with Crippen molar-refractivity contribution in [2.75, 3.05) is 0 Å². The average molecular weight is 525 g/mol. The molecule has 190 valence electrons. The summed E-state index contributed by atoms with van der Waals surface area (Å²) in [7, 11) is 0. The minimum Gasteiger partial charge on any atom is -0.456 e. The van der Waals surface area contributed by atoms with E-state index in [1.165, 1.54) is 0 Å². The van der Waals surface area contributed by atoms with Gasteiger partial charge < -0.3 is 13.4 Å². The minimum absolute atomic E-state index is 0.606. The van der Waals surface area contributed by atoms with Gasteiger partial charge >= 0.3 is 0 Å². The van der Waals surface area contributed by atoms with Crippen molar-refractivity contribution in [3.8, 4) is 22.9 Å². The van der Waals surface area contributed by atoms with E-state index in [1.807, 2.05) is 54.6 Å². The number of nitrogens with zero attached hydrogens (tertiary/aromatic N) is 2. The van der Waals surface area contributed by atoms with E-state index in [4.69, 9.17) is 8.83 Å². The minimum atomic E-state index is 0.606. The molecule has 0 aliphatic rings. The molecule has 0 aliphatic heterocycles. The third-order valence-corrected chi connectivity index (χ3v) is 8.24. The first-order valence-electron chi connectivity index (χ1n) is 13.6. The van der Waals surface area contributed by atoms with Crippen molar-refractivity contribution in [1.29, 1.82) is 5.26 Å². The van der Waals surface area contributed by atoms with Gasteiger partial charge in [0, 0.05) is 32.5 Å². The van der Waals surface area contributed by atoms with E-state index in [1.54, 1.807) is 0 Å². The molecule has 3 heterocycles. The molecule has 0 amide bonds. The Morgan fingerprint density at radius 1 is 0.537 bits per heavy atom. The average Bonchev–Trinajstić information content (AvgIpc) is 3.69. The second-order valence-corrected chi connectivity index (χ2v) is 10.4. The van der Waals surface area contributed by atoms with Gasteiger partial charge in [0.05, 0.1) is 33.7 Å². The van der Waals surface area contributed by atoms with Gasteiger partial charge in [0.15, 0.2) is 0 Å². The summed E-state index contributed by atoms with van der Waals surface area (Å²) in [5.74, 6) is 0. The Balaban J connectivity index is 1.40. The molecule has 6 aromatic carbocycles. The lowest BCUT2D eigenvalue weighted by Gasteiger charge is -2.15. The Hall–Kier alpha value is -5.79. The third-order valence-electron chi connectivity index (χ3n) is 8.24. The zero-order valence-electron chi connectivity index (χ0n) is 21.8. The van der Waals surface area contributed by atoms with E-state index in [0.29, 0.717) is 5.56 Å². The lowest BCUT2D eigenvalue weighted by atomic mass is 9.99. The Kier molecular flexibility index (Phi) is 4.37. The Morgan fingerprint density at radius 2 is 1.24 bits per heavy atom. The third kappa shape index (κ3) is 3.03. The van der Waals surface area contributed by atoms with Crippen LogP contribution >= 0.6 is 0 Å². The molecular formula is C37H20N2O2. The smallest absolute Gasteiger partial charge is 0.145 e. The van der Waals surface area contributed by atoms with Crippen LogP contribution in [0, 0.1) is 11.3 Å². The predicted octanol–water partition coefficient (Wildman–Crippen LogP) is 10.1. The van der Waals surface area contributed by atoms with Crippen molar-refractivity contribution >= 4 is 65.7 Å². The topological polar surface area (TPSA) is 55.0 Å². The number of para-hydroxylation sites is 3. The van der Waals surface area contributed by atoms with E-state index in [0.717, 1.165) is 82.5 Å². The fraction of sp³-hybridized carbons (Fsp3) is 0. The lowest BCUT2D eigenvalue weighted by Crippen LogP contribution is -1.98. The van der Waals surface area contributed by atoms with Crippen LogP contribution in [0.1, 0.15) is 5.56 Å². The van der Waals surface area contributed by atoms with Gasteiger partial charge in [-0.05, 0) is 60.2 Å². The van der Waals surface area contributed by atoms with E-state index >= 15 is 0 Å². The SMILES string of the molecule is N#Cc1ccc(-c2ccc3oc4ccccc4c3c2)c(-n2c3ccccc3c3c4oc5ccccc5c4ccc32)c1. The van der Waals surface area contributed by atoms with Crippen LogP contribution in [0.25, 0.3) is 82.5 Å². The van der Waals surface area contributed by atoms with Crippen molar-refractivity contribution in [3.63, 3.8) is 0 Å². The standard InChI is InChI=1S/C37H20N2O2/c38-21-22-13-15-24(23-14-18-35-29(20-23)26-8-3-5-11-33(26)40-35)32(19-22)39-30-10-4-1-9-28(30)36-31(39)17-16-27-25-7-2-6-12-34(25)41-37(27)36/h1-20H. The quantitative estimate of drug-likeness (QED) is 0.226. The molecule has 0 atom stereocenters. The summed E-state index contributed by atoms with van der Waals surface area (Å²) in [4.78, 5) is 0. The number of hydrogen-bond donors (Lipinski definition) is 0. The predicted molar refractivity (Wildman–Crippen MR) is 165 cm³/mol. The highest BCUT2D eigenvalue weighted by molar-refractivity contribution is 6.24. The Bertz CT molecular complexity index is 2550. The molecule has 3 aromatic heterocycles. The van der Waals surface area contributed by atoms with Gasteiger partial charge in [0.1, 0.15) is 22.3 Å². The Labute approximate surface area is 233 Å². The molecule has 9 rings (SSSR count). The fourth-order valence-electron chi connectivity index (χ4n) is 6.42. The summed E-state index contributed by atoms with van der Waals surface area (Å²) < 4.78 is 14.9. The number of furan rings is 2. The highest BCUT2D eigenvalue weighted by Crippen LogP contribution is 2.42. The maximum atomic E-state index is 9.91. The van der Waals surface area contributed by atoms with Crippen molar-refractivity contribution in [1.82, 2.24) is 4.57 Å². The van der Waals surface area contributed by atoms with Crippen LogP contribution in [-0.4, -0.2) is 4.57 Å². The number of nitriles is 1. The summed E-state index contributed by atoms with van der Waals surface area (Å²) in [6.07, 6.45) is 0. The molecule has 0 radical (unpaired) electrons. The zero-order chi connectivity index (χ0) is 27.1. The summed E-state index contributed by atoms with van der Waals surface area (Å²) in [5, 5.41) is 16.4. The first kappa shape index (κ1) is 22.1. The second-order valence-electron chi connectivity index (χ2n) is 10.4. The number of rotatable bonds is 2. The van der Waals surface area contributed by atoms with Crippen molar-refractivity contribution in [2.45, 2.75) is 0 Å². The van der Waals surface area contributed by atoms with Gasteiger partial charge in [0.25, 0.3) is 0 Å². The van der Waals surface area contributed by atoms with E-state index < -0.39 is 0 Å². The molecule has 9 aromatic rings. The van der Waals surface area contributed by atoms with Gasteiger partial charge in [-0.2, -0.15) is 5.26 Å². The molecule has 0 bridgehead atoms. The maximum absolute atomic E-state index is 9.91. The molecule has 0 spiro atoms. The highest BCUT2D eigenvalue weighted by atomic mass is 16.3. The van der Waals surface area contributed by atoms with Crippen molar-refractivity contribution in [2.24, 2.45) is 0 Å². The molecule has 0 unspecified atom stereocenters. The summed E-state index contributed by atoms with van der Waals surface area (Å²) in [6, 6.07) is 43.7. The van der Waals surface area contributed by atoms with Crippen molar-refractivity contribution < 1.29 is 8.83 Å². The van der Waals surface area contributed by atoms with Crippen LogP contribution in [0.4, 0.5) is 0 Å². The van der Waals surface area contributed by atoms with Gasteiger partial charge in [-0.1, -0.05) is 66.7 Å².